The number of ether oxygens (including phenoxy) is 1. The van der Waals surface area contributed by atoms with Crippen LogP contribution in [0.2, 0.25) is 0 Å². The van der Waals surface area contributed by atoms with E-state index in [1.165, 1.54) is 28.8 Å². The highest BCUT2D eigenvalue weighted by molar-refractivity contribution is 7.14. The van der Waals surface area contributed by atoms with Gasteiger partial charge in [0.1, 0.15) is 0 Å². The molecule has 1 N–H and O–H groups in total. The van der Waals surface area contributed by atoms with Gasteiger partial charge in [-0.15, -0.1) is 11.3 Å². The number of hydrogen-bond donors (Lipinski definition) is 1. The summed E-state index contributed by atoms with van der Waals surface area (Å²) in [5.41, 5.74) is 2.57. The third-order valence-corrected chi connectivity index (χ3v) is 6.49. The fourth-order valence-corrected chi connectivity index (χ4v) is 4.98. The van der Waals surface area contributed by atoms with Crippen LogP contribution in [0.25, 0.3) is 0 Å². The number of carbonyl (C=O) groups excluding carboxylic acids is 1. The summed E-state index contributed by atoms with van der Waals surface area (Å²) in [6, 6.07) is 6.33. The maximum absolute atomic E-state index is 12.7. The standard InChI is InChI=1S/C20H25N3O2S/c24-20(19-13-16-3-1-2-4-18(16)26-19)22-14-17(15-5-7-21-8-6-15)23-9-11-25-12-10-23/h5-8,13,17H,1-4,9-12,14H2,(H,22,24). The Kier molecular flexibility index (Phi) is 5.62. The Morgan fingerprint density at radius 1 is 1.23 bits per heavy atom. The van der Waals surface area contributed by atoms with Crippen LogP contribution in [-0.4, -0.2) is 48.6 Å². The molecule has 6 heteroatoms. The van der Waals surface area contributed by atoms with Crippen molar-refractivity contribution in [2.75, 3.05) is 32.8 Å². The number of fused-ring (bicyclic) bond motifs is 1. The van der Waals surface area contributed by atoms with Crippen LogP contribution < -0.4 is 5.32 Å². The third-order valence-electron chi connectivity index (χ3n) is 5.25. The second-order valence-electron chi connectivity index (χ2n) is 6.92. The first-order valence-corrected chi connectivity index (χ1v) is 10.2. The molecule has 1 fully saturated rings. The lowest BCUT2D eigenvalue weighted by molar-refractivity contribution is 0.0162. The van der Waals surface area contributed by atoms with Gasteiger partial charge in [0, 0.05) is 36.9 Å². The van der Waals surface area contributed by atoms with Gasteiger partial charge >= 0.3 is 0 Å². The number of nitrogens with zero attached hydrogens (tertiary/aromatic N) is 2. The van der Waals surface area contributed by atoms with Crippen LogP contribution in [0.1, 0.15) is 44.6 Å². The van der Waals surface area contributed by atoms with Crippen molar-refractivity contribution in [1.82, 2.24) is 15.2 Å². The summed E-state index contributed by atoms with van der Waals surface area (Å²) >= 11 is 1.67. The lowest BCUT2D eigenvalue weighted by atomic mass is 9.99. The van der Waals surface area contributed by atoms with Crippen LogP contribution >= 0.6 is 11.3 Å². The molecular formula is C20H25N3O2S. The number of nitrogens with one attached hydrogen (secondary N) is 1. The molecule has 1 aliphatic carbocycles. The second-order valence-corrected chi connectivity index (χ2v) is 8.06. The average molecular weight is 372 g/mol. The minimum Gasteiger partial charge on any atom is -0.379 e. The first kappa shape index (κ1) is 17.6. The highest BCUT2D eigenvalue weighted by Crippen LogP contribution is 2.29. The third kappa shape index (κ3) is 3.98. The van der Waals surface area contributed by atoms with E-state index in [0.29, 0.717) is 6.54 Å². The highest BCUT2D eigenvalue weighted by atomic mass is 32.1. The van der Waals surface area contributed by atoms with Crippen LogP contribution in [0.4, 0.5) is 0 Å². The Morgan fingerprint density at radius 3 is 2.77 bits per heavy atom. The van der Waals surface area contributed by atoms with E-state index in [2.05, 4.69) is 21.3 Å². The van der Waals surface area contributed by atoms with Gasteiger partial charge < -0.3 is 10.1 Å². The van der Waals surface area contributed by atoms with Gasteiger partial charge in [0.2, 0.25) is 0 Å². The van der Waals surface area contributed by atoms with E-state index in [4.69, 9.17) is 4.74 Å². The van der Waals surface area contributed by atoms with Crippen molar-refractivity contribution in [2.45, 2.75) is 31.7 Å². The summed E-state index contributed by atoms with van der Waals surface area (Å²) in [5.74, 6) is 0.0525. The number of aromatic nitrogens is 1. The molecule has 2 aliphatic rings. The van der Waals surface area contributed by atoms with Gasteiger partial charge in [0.15, 0.2) is 0 Å². The molecule has 2 aromatic heterocycles. The van der Waals surface area contributed by atoms with E-state index >= 15 is 0 Å². The summed E-state index contributed by atoms with van der Waals surface area (Å²) in [6.07, 6.45) is 8.37. The molecule has 0 saturated carbocycles. The van der Waals surface area contributed by atoms with E-state index in [1.807, 2.05) is 24.5 Å². The fourth-order valence-electron chi connectivity index (χ4n) is 3.81. The second kappa shape index (κ2) is 8.29. The number of thiophene rings is 1. The van der Waals surface area contributed by atoms with Crippen molar-refractivity contribution in [2.24, 2.45) is 0 Å². The molecule has 5 nitrogen and oxygen atoms in total. The van der Waals surface area contributed by atoms with Crippen molar-refractivity contribution in [3.63, 3.8) is 0 Å². The van der Waals surface area contributed by atoms with Crippen LogP contribution in [0.15, 0.2) is 30.6 Å². The lowest BCUT2D eigenvalue weighted by Gasteiger charge is -2.34. The van der Waals surface area contributed by atoms with E-state index in [9.17, 15) is 4.79 Å². The first-order chi connectivity index (χ1) is 12.8. The van der Waals surface area contributed by atoms with Crippen LogP contribution in [0.5, 0.6) is 0 Å². The zero-order valence-electron chi connectivity index (χ0n) is 14.9. The lowest BCUT2D eigenvalue weighted by Crippen LogP contribution is -2.43. The number of amides is 1. The van der Waals surface area contributed by atoms with Crippen molar-refractivity contribution >= 4 is 17.2 Å². The number of aryl methyl sites for hydroxylation is 2. The number of carbonyl (C=O) groups is 1. The van der Waals surface area contributed by atoms with Gasteiger partial charge in [-0.1, -0.05) is 0 Å². The molecule has 0 radical (unpaired) electrons. The predicted molar refractivity (Wildman–Crippen MR) is 103 cm³/mol. The normalized spacial score (nSPS) is 18.9. The Hall–Kier alpha value is -1.76. The molecule has 0 spiro atoms. The van der Waals surface area contributed by atoms with Gasteiger partial charge in [-0.3, -0.25) is 14.7 Å². The largest absolute Gasteiger partial charge is 0.379 e. The average Bonchev–Trinajstić information content (AvgIpc) is 3.14. The van der Waals surface area contributed by atoms with Gasteiger partial charge in [-0.05, 0) is 55.0 Å². The van der Waals surface area contributed by atoms with Gasteiger partial charge in [-0.25, -0.2) is 0 Å². The van der Waals surface area contributed by atoms with Gasteiger partial charge in [0.05, 0.1) is 24.1 Å². The number of morpholine rings is 1. The molecule has 1 aliphatic heterocycles. The fraction of sp³-hybridized carbons (Fsp3) is 0.500. The quantitative estimate of drug-likeness (QED) is 0.878. The first-order valence-electron chi connectivity index (χ1n) is 9.43. The molecule has 1 saturated heterocycles. The van der Waals surface area contributed by atoms with Gasteiger partial charge in [0.25, 0.3) is 5.91 Å². The molecule has 0 bridgehead atoms. The van der Waals surface area contributed by atoms with E-state index in [-0.39, 0.29) is 11.9 Å². The van der Waals surface area contributed by atoms with E-state index in [1.54, 1.807) is 11.3 Å². The molecular weight excluding hydrogens is 346 g/mol. The topological polar surface area (TPSA) is 54.5 Å². The zero-order chi connectivity index (χ0) is 17.8. The van der Waals surface area contributed by atoms with Crippen molar-refractivity contribution in [1.29, 1.82) is 0 Å². The highest BCUT2D eigenvalue weighted by Gasteiger charge is 2.24. The Bertz CT molecular complexity index is 717. The molecule has 1 amide bonds. The SMILES string of the molecule is O=C(NCC(c1ccncc1)N1CCOCC1)c1cc2c(s1)CCCC2. The van der Waals surface area contributed by atoms with Crippen LogP contribution in [0.3, 0.4) is 0 Å². The monoisotopic (exact) mass is 371 g/mol. The minimum absolute atomic E-state index is 0.0525. The van der Waals surface area contributed by atoms with Crippen molar-refractivity contribution in [3.05, 3.63) is 51.5 Å². The molecule has 3 heterocycles. The predicted octanol–water partition coefficient (Wildman–Crippen LogP) is 2.83. The van der Waals surface area contributed by atoms with E-state index < -0.39 is 0 Å². The summed E-state index contributed by atoms with van der Waals surface area (Å²) in [7, 11) is 0. The number of pyridine rings is 1. The summed E-state index contributed by atoms with van der Waals surface area (Å²) in [6.45, 7) is 3.86. The molecule has 0 aromatic carbocycles. The maximum atomic E-state index is 12.7. The minimum atomic E-state index is 0.0525. The molecule has 1 unspecified atom stereocenters. The maximum Gasteiger partial charge on any atom is 0.261 e. The van der Waals surface area contributed by atoms with E-state index in [0.717, 1.165) is 44.0 Å². The molecule has 138 valence electrons. The number of hydrogen-bond acceptors (Lipinski definition) is 5. The number of rotatable bonds is 5. The molecule has 4 rings (SSSR count). The van der Waals surface area contributed by atoms with Gasteiger partial charge in [-0.2, -0.15) is 0 Å². The summed E-state index contributed by atoms with van der Waals surface area (Å²) < 4.78 is 5.49. The smallest absolute Gasteiger partial charge is 0.261 e. The van der Waals surface area contributed by atoms with Crippen LogP contribution in [-0.2, 0) is 17.6 Å². The van der Waals surface area contributed by atoms with Crippen molar-refractivity contribution < 1.29 is 9.53 Å². The van der Waals surface area contributed by atoms with Crippen molar-refractivity contribution in [3.8, 4) is 0 Å². The Morgan fingerprint density at radius 2 is 2.00 bits per heavy atom. The molecule has 1 atom stereocenters. The summed E-state index contributed by atoms with van der Waals surface area (Å²) in [5, 5.41) is 3.17. The Labute approximate surface area is 158 Å². The summed E-state index contributed by atoms with van der Waals surface area (Å²) in [4.78, 5) is 21.5. The zero-order valence-corrected chi connectivity index (χ0v) is 15.8. The van der Waals surface area contributed by atoms with Crippen LogP contribution in [0, 0.1) is 0 Å². The Balaban J connectivity index is 1.45. The molecule has 26 heavy (non-hydrogen) atoms. The molecule has 2 aromatic rings.